The van der Waals surface area contributed by atoms with Gasteiger partial charge in [0.1, 0.15) is 6.04 Å². The molecule has 0 spiro atoms. The summed E-state index contributed by atoms with van der Waals surface area (Å²) in [5, 5.41) is 7.67. The van der Waals surface area contributed by atoms with Gasteiger partial charge in [-0.15, -0.1) is 0 Å². The molecule has 2 aromatic rings. The molecule has 0 bridgehead atoms. The molecule has 1 saturated heterocycles. The molecule has 2 heterocycles. The highest BCUT2D eigenvalue weighted by molar-refractivity contribution is 6.23. The fourth-order valence-corrected chi connectivity index (χ4v) is 4.04. The highest BCUT2D eigenvalue weighted by Gasteiger charge is 2.44. The summed E-state index contributed by atoms with van der Waals surface area (Å²) in [4.78, 5) is 62.5. The number of rotatable bonds is 4. The van der Waals surface area contributed by atoms with Crippen LogP contribution in [0.3, 0.4) is 0 Å². The van der Waals surface area contributed by atoms with E-state index in [4.69, 9.17) is 0 Å². The first-order valence-corrected chi connectivity index (χ1v) is 11.0. The van der Waals surface area contributed by atoms with Gasteiger partial charge in [0.05, 0.1) is 11.1 Å². The Hall–Kier alpha value is -4.01. The molecular weight excluding hydrogens is 436 g/mol. The Balaban J connectivity index is 1.39. The summed E-state index contributed by atoms with van der Waals surface area (Å²) in [5.74, 6) is -2.22. The van der Waals surface area contributed by atoms with Crippen LogP contribution in [0.1, 0.15) is 65.5 Å². The lowest BCUT2D eigenvalue weighted by molar-refractivity contribution is -0.136. The number of nitrogens with zero attached hydrogens (tertiary/aromatic N) is 1. The monoisotopic (exact) mass is 462 g/mol. The molecule has 176 valence electrons. The van der Waals surface area contributed by atoms with Gasteiger partial charge in [-0.1, -0.05) is 39.0 Å². The largest absolute Gasteiger partial charge is 0.334 e. The maximum Gasteiger partial charge on any atom is 0.319 e. The Labute approximate surface area is 196 Å². The van der Waals surface area contributed by atoms with Crippen molar-refractivity contribution in [1.29, 1.82) is 0 Å². The number of nitrogens with one attached hydrogen (secondary N) is 3. The Morgan fingerprint density at radius 3 is 2.32 bits per heavy atom. The number of hydrogen-bond donors (Lipinski definition) is 3. The zero-order chi connectivity index (χ0) is 24.6. The zero-order valence-electron chi connectivity index (χ0n) is 19.2. The van der Waals surface area contributed by atoms with Crippen molar-refractivity contribution in [2.75, 3.05) is 5.32 Å². The standard InChI is InChI=1S/C25H26N4O5/c1-25(2,3)15-5-7-16(8-6-15)27-24(34)26-13-14-4-9-17-18(12-14)23(33)29(22(17)32)19-10-11-20(30)28-21(19)31/h4-9,12,19H,10-11,13H2,1-3H3,(H2,26,27,34)(H,28,30,31). The van der Waals surface area contributed by atoms with Crippen molar-refractivity contribution in [2.45, 2.75) is 51.6 Å². The van der Waals surface area contributed by atoms with E-state index in [1.165, 1.54) is 6.07 Å². The second-order valence-electron chi connectivity index (χ2n) is 9.46. The summed E-state index contributed by atoms with van der Waals surface area (Å²) >= 11 is 0. The number of urea groups is 1. The molecule has 34 heavy (non-hydrogen) atoms. The number of fused-ring (bicyclic) bond motifs is 1. The van der Waals surface area contributed by atoms with Crippen molar-refractivity contribution in [1.82, 2.24) is 15.5 Å². The molecule has 0 saturated carbocycles. The molecule has 2 aliphatic heterocycles. The summed E-state index contributed by atoms with van der Waals surface area (Å²) in [6.45, 7) is 6.47. The van der Waals surface area contributed by atoms with Crippen molar-refractivity contribution in [2.24, 2.45) is 0 Å². The maximum absolute atomic E-state index is 12.9. The van der Waals surface area contributed by atoms with Crippen molar-refractivity contribution >= 4 is 35.3 Å². The van der Waals surface area contributed by atoms with Crippen molar-refractivity contribution in [3.05, 3.63) is 64.7 Å². The first-order valence-electron chi connectivity index (χ1n) is 11.0. The van der Waals surface area contributed by atoms with Gasteiger partial charge in [0.2, 0.25) is 11.8 Å². The van der Waals surface area contributed by atoms with Crippen molar-refractivity contribution in [3.63, 3.8) is 0 Å². The Kier molecular flexibility index (Phi) is 5.95. The molecule has 2 aliphatic rings. The van der Waals surface area contributed by atoms with E-state index in [0.717, 1.165) is 10.5 Å². The molecule has 1 unspecified atom stereocenters. The average Bonchev–Trinajstić information content (AvgIpc) is 3.02. The number of anilines is 1. The van der Waals surface area contributed by atoms with Crippen LogP contribution in [0.4, 0.5) is 10.5 Å². The van der Waals surface area contributed by atoms with E-state index in [2.05, 4.69) is 36.7 Å². The predicted octanol–water partition coefficient (Wildman–Crippen LogP) is 2.71. The van der Waals surface area contributed by atoms with Gasteiger partial charge < -0.3 is 10.6 Å². The van der Waals surface area contributed by atoms with Gasteiger partial charge >= 0.3 is 6.03 Å². The van der Waals surface area contributed by atoms with E-state index in [0.29, 0.717) is 11.3 Å². The molecule has 9 heteroatoms. The third-order valence-electron chi connectivity index (χ3n) is 5.97. The molecular formula is C25H26N4O5. The lowest BCUT2D eigenvalue weighted by Gasteiger charge is -2.27. The molecule has 6 amide bonds. The van der Waals surface area contributed by atoms with E-state index < -0.39 is 35.7 Å². The van der Waals surface area contributed by atoms with Crippen LogP contribution in [0.25, 0.3) is 0 Å². The van der Waals surface area contributed by atoms with Crippen LogP contribution in [0.5, 0.6) is 0 Å². The third kappa shape index (κ3) is 4.54. The van der Waals surface area contributed by atoms with Crippen LogP contribution >= 0.6 is 0 Å². The summed E-state index contributed by atoms with van der Waals surface area (Å²) < 4.78 is 0. The summed E-state index contributed by atoms with van der Waals surface area (Å²) in [6.07, 6.45) is 0.161. The fraction of sp³-hybridized carbons (Fsp3) is 0.320. The number of piperidine rings is 1. The molecule has 0 radical (unpaired) electrons. The van der Waals surface area contributed by atoms with Gasteiger partial charge in [0.15, 0.2) is 0 Å². The fourth-order valence-electron chi connectivity index (χ4n) is 4.04. The maximum atomic E-state index is 12.9. The summed E-state index contributed by atoms with van der Waals surface area (Å²) in [7, 11) is 0. The molecule has 1 atom stereocenters. The second kappa shape index (κ2) is 8.74. The van der Waals surface area contributed by atoms with Crippen LogP contribution in [-0.4, -0.2) is 40.6 Å². The lowest BCUT2D eigenvalue weighted by atomic mass is 9.87. The average molecular weight is 463 g/mol. The van der Waals surface area contributed by atoms with E-state index in [1.807, 2.05) is 24.3 Å². The van der Waals surface area contributed by atoms with Crippen molar-refractivity contribution < 1.29 is 24.0 Å². The Morgan fingerprint density at radius 1 is 1.00 bits per heavy atom. The van der Waals surface area contributed by atoms with E-state index >= 15 is 0 Å². The SMILES string of the molecule is CC(C)(C)c1ccc(NC(=O)NCc2ccc3c(c2)C(=O)N(C2CCC(=O)NC2=O)C3=O)cc1. The highest BCUT2D eigenvalue weighted by Crippen LogP contribution is 2.28. The van der Waals surface area contributed by atoms with Gasteiger partial charge in [0, 0.05) is 18.7 Å². The van der Waals surface area contributed by atoms with Gasteiger partial charge in [0.25, 0.3) is 11.8 Å². The zero-order valence-corrected chi connectivity index (χ0v) is 19.2. The van der Waals surface area contributed by atoms with Crippen LogP contribution in [0.2, 0.25) is 0 Å². The molecule has 4 rings (SSSR count). The van der Waals surface area contributed by atoms with E-state index in [-0.39, 0.29) is 35.9 Å². The highest BCUT2D eigenvalue weighted by atomic mass is 16.2. The number of amides is 6. The number of benzene rings is 2. The van der Waals surface area contributed by atoms with Crippen LogP contribution in [0, 0.1) is 0 Å². The van der Waals surface area contributed by atoms with Crippen LogP contribution < -0.4 is 16.0 Å². The molecule has 0 aromatic heterocycles. The Morgan fingerprint density at radius 2 is 1.68 bits per heavy atom. The van der Waals surface area contributed by atoms with E-state index in [9.17, 15) is 24.0 Å². The van der Waals surface area contributed by atoms with E-state index in [1.54, 1.807) is 12.1 Å². The topological polar surface area (TPSA) is 125 Å². The number of hydrogen-bond acceptors (Lipinski definition) is 5. The normalized spacial score (nSPS) is 18.0. The van der Waals surface area contributed by atoms with Gasteiger partial charge in [-0.3, -0.25) is 29.4 Å². The predicted molar refractivity (Wildman–Crippen MR) is 124 cm³/mol. The minimum atomic E-state index is -1.01. The van der Waals surface area contributed by atoms with Crippen molar-refractivity contribution in [3.8, 4) is 0 Å². The Bertz CT molecular complexity index is 1200. The molecule has 1 fully saturated rings. The number of imide groups is 2. The minimum absolute atomic E-state index is 0.0148. The first-order chi connectivity index (χ1) is 16.0. The van der Waals surface area contributed by atoms with Crippen LogP contribution in [0.15, 0.2) is 42.5 Å². The van der Waals surface area contributed by atoms with Gasteiger partial charge in [-0.2, -0.15) is 0 Å². The number of carbonyl (C=O) groups excluding carboxylic acids is 5. The molecule has 9 nitrogen and oxygen atoms in total. The molecule has 0 aliphatic carbocycles. The minimum Gasteiger partial charge on any atom is -0.334 e. The quantitative estimate of drug-likeness (QED) is 0.603. The van der Waals surface area contributed by atoms with Gasteiger partial charge in [-0.25, -0.2) is 4.79 Å². The first kappa shape index (κ1) is 23.2. The summed E-state index contributed by atoms with van der Waals surface area (Å²) in [5.41, 5.74) is 2.82. The molecule has 2 aromatic carbocycles. The number of carbonyl (C=O) groups is 5. The van der Waals surface area contributed by atoms with Gasteiger partial charge in [-0.05, 0) is 47.2 Å². The smallest absolute Gasteiger partial charge is 0.319 e. The lowest BCUT2D eigenvalue weighted by Crippen LogP contribution is -2.54. The summed E-state index contributed by atoms with van der Waals surface area (Å²) in [6, 6.07) is 10.9. The third-order valence-corrected chi connectivity index (χ3v) is 5.97. The second-order valence-corrected chi connectivity index (χ2v) is 9.46. The molecule has 3 N–H and O–H groups in total. The van der Waals surface area contributed by atoms with Crippen LogP contribution in [-0.2, 0) is 21.5 Å².